The molecule has 1 atom stereocenters. The minimum absolute atomic E-state index is 0.349. The van der Waals surface area contributed by atoms with E-state index in [1.54, 1.807) is 12.1 Å². The maximum atomic E-state index is 10.0. The third-order valence-electron chi connectivity index (χ3n) is 2.72. The monoisotopic (exact) mass is 290 g/mol. The van der Waals surface area contributed by atoms with Gasteiger partial charge in [0.2, 0.25) is 0 Å². The average molecular weight is 291 g/mol. The third kappa shape index (κ3) is 4.65. The molecule has 0 amide bonds. The summed E-state index contributed by atoms with van der Waals surface area (Å²) in [6.07, 6.45) is 0.448. The van der Waals surface area contributed by atoms with Crippen molar-refractivity contribution in [3.63, 3.8) is 0 Å². The standard InChI is InChI=1S/C13H20Cl2N2O/c1-8(2)3-4-17-7-12(18)9-5-10(14)13(16)11(15)6-9/h5-6,8,12,17-18H,3-4,7,16H2,1-2H3/t12-/m1/s1. The Hall–Kier alpha value is -0.480. The highest BCUT2D eigenvalue weighted by atomic mass is 35.5. The Morgan fingerprint density at radius 3 is 2.33 bits per heavy atom. The van der Waals surface area contributed by atoms with Crippen LogP contribution in [0, 0.1) is 5.92 Å². The molecule has 0 fully saturated rings. The molecule has 0 spiro atoms. The van der Waals surface area contributed by atoms with Gasteiger partial charge in [-0.15, -0.1) is 0 Å². The van der Waals surface area contributed by atoms with Crippen LogP contribution in [0.5, 0.6) is 0 Å². The molecule has 0 aliphatic carbocycles. The minimum atomic E-state index is -0.632. The number of aliphatic hydroxyl groups excluding tert-OH is 1. The number of halogens is 2. The lowest BCUT2D eigenvalue weighted by Gasteiger charge is -2.14. The van der Waals surface area contributed by atoms with E-state index < -0.39 is 6.10 Å². The average Bonchev–Trinajstić information content (AvgIpc) is 2.30. The molecule has 0 heterocycles. The van der Waals surface area contributed by atoms with Crippen LogP contribution < -0.4 is 11.1 Å². The van der Waals surface area contributed by atoms with Gasteiger partial charge in [0.1, 0.15) is 0 Å². The van der Waals surface area contributed by atoms with Crippen molar-refractivity contribution in [2.75, 3.05) is 18.8 Å². The summed E-state index contributed by atoms with van der Waals surface area (Å²) in [5.74, 6) is 0.648. The summed E-state index contributed by atoms with van der Waals surface area (Å²) in [5.41, 5.74) is 6.67. The summed E-state index contributed by atoms with van der Waals surface area (Å²) in [4.78, 5) is 0. The number of anilines is 1. The van der Waals surface area contributed by atoms with Gasteiger partial charge in [0.15, 0.2) is 0 Å². The lowest BCUT2D eigenvalue weighted by Crippen LogP contribution is -2.23. The Bertz CT molecular complexity index is 374. The fraction of sp³-hybridized carbons (Fsp3) is 0.538. The Balaban J connectivity index is 2.54. The number of nitrogen functional groups attached to an aromatic ring is 1. The molecule has 1 aromatic carbocycles. The van der Waals surface area contributed by atoms with Crippen molar-refractivity contribution in [2.45, 2.75) is 26.4 Å². The van der Waals surface area contributed by atoms with Crippen LogP contribution >= 0.6 is 23.2 Å². The van der Waals surface area contributed by atoms with Crippen molar-refractivity contribution in [1.29, 1.82) is 0 Å². The van der Waals surface area contributed by atoms with Crippen LogP contribution in [0.25, 0.3) is 0 Å². The largest absolute Gasteiger partial charge is 0.396 e. The molecule has 0 aliphatic heterocycles. The molecule has 1 aromatic rings. The molecule has 1 rings (SSSR count). The molecule has 0 radical (unpaired) electrons. The summed E-state index contributed by atoms with van der Waals surface area (Å²) < 4.78 is 0. The first kappa shape index (κ1) is 15.6. The summed E-state index contributed by atoms with van der Waals surface area (Å²) >= 11 is 11.9. The zero-order valence-corrected chi connectivity index (χ0v) is 12.2. The highest BCUT2D eigenvalue weighted by Crippen LogP contribution is 2.31. The van der Waals surface area contributed by atoms with Crippen molar-refractivity contribution in [3.05, 3.63) is 27.7 Å². The van der Waals surface area contributed by atoms with Crippen LogP contribution in [0.4, 0.5) is 5.69 Å². The molecule has 0 saturated heterocycles. The molecule has 18 heavy (non-hydrogen) atoms. The van der Waals surface area contributed by atoms with Gasteiger partial charge in [-0.2, -0.15) is 0 Å². The maximum absolute atomic E-state index is 10.0. The quantitative estimate of drug-likeness (QED) is 0.557. The summed E-state index contributed by atoms with van der Waals surface area (Å²) in [7, 11) is 0. The van der Waals surface area contributed by atoms with Crippen LogP contribution in [0.1, 0.15) is 31.9 Å². The molecule has 3 nitrogen and oxygen atoms in total. The second-order valence-corrected chi connectivity index (χ2v) is 5.62. The number of hydrogen-bond donors (Lipinski definition) is 3. The van der Waals surface area contributed by atoms with Crippen molar-refractivity contribution < 1.29 is 5.11 Å². The van der Waals surface area contributed by atoms with E-state index in [0.717, 1.165) is 13.0 Å². The van der Waals surface area contributed by atoms with Gasteiger partial charge in [0, 0.05) is 6.54 Å². The second kappa shape index (κ2) is 7.19. The van der Waals surface area contributed by atoms with Gasteiger partial charge in [-0.25, -0.2) is 0 Å². The summed E-state index contributed by atoms with van der Waals surface area (Å²) in [6, 6.07) is 3.30. The first-order chi connectivity index (χ1) is 8.41. The molecule has 0 aliphatic rings. The maximum Gasteiger partial charge on any atom is 0.0915 e. The van der Waals surface area contributed by atoms with E-state index in [1.165, 1.54) is 0 Å². The van der Waals surface area contributed by atoms with Gasteiger partial charge in [-0.3, -0.25) is 0 Å². The van der Waals surface area contributed by atoms with E-state index in [0.29, 0.717) is 33.8 Å². The lowest BCUT2D eigenvalue weighted by atomic mass is 10.1. The van der Waals surface area contributed by atoms with Gasteiger partial charge in [-0.1, -0.05) is 37.0 Å². The third-order valence-corrected chi connectivity index (χ3v) is 3.35. The topological polar surface area (TPSA) is 58.3 Å². The molecule has 0 aromatic heterocycles. The summed E-state index contributed by atoms with van der Waals surface area (Å²) in [6.45, 7) is 5.68. The van der Waals surface area contributed by atoms with Gasteiger partial charge >= 0.3 is 0 Å². The van der Waals surface area contributed by atoms with Crippen molar-refractivity contribution in [3.8, 4) is 0 Å². The molecule has 0 unspecified atom stereocenters. The van der Waals surface area contributed by atoms with Gasteiger partial charge in [0.25, 0.3) is 0 Å². The van der Waals surface area contributed by atoms with Crippen LogP contribution in [0.3, 0.4) is 0 Å². The zero-order chi connectivity index (χ0) is 13.7. The van der Waals surface area contributed by atoms with E-state index in [9.17, 15) is 5.11 Å². The first-order valence-electron chi connectivity index (χ1n) is 6.05. The summed E-state index contributed by atoms with van der Waals surface area (Å²) in [5, 5.41) is 14.0. The zero-order valence-electron chi connectivity index (χ0n) is 10.7. The molecule has 102 valence electrons. The van der Waals surface area contributed by atoms with Crippen molar-refractivity contribution >= 4 is 28.9 Å². The molecule has 4 N–H and O–H groups in total. The Morgan fingerprint density at radius 1 is 1.28 bits per heavy atom. The predicted octanol–water partition coefficient (Wildman–Crippen LogP) is 3.24. The van der Waals surface area contributed by atoms with E-state index in [-0.39, 0.29) is 0 Å². The lowest BCUT2D eigenvalue weighted by molar-refractivity contribution is 0.174. The molecule has 5 heteroatoms. The fourth-order valence-electron chi connectivity index (χ4n) is 1.54. The van der Waals surface area contributed by atoms with E-state index >= 15 is 0 Å². The fourth-order valence-corrected chi connectivity index (χ4v) is 2.05. The van der Waals surface area contributed by atoms with E-state index in [1.807, 2.05) is 0 Å². The second-order valence-electron chi connectivity index (χ2n) is 4.80. The van der Waals surface area contributed by atoms with Crippen LogP contribution in [0.2, 0.25) is 10.0 Å². The van der Waals surface area contributed by atoms with Crippen molar-refractivity contribution in [1.82, 2.24) is 5.32 Å². The van der Waals surface area contributed by atoms with Crippen LogP contribution in [-0.4, -0.2) is 18.2 Å². The molecular formula is C13H20Cl2N2O. The number of hydrogen-bond acceptors (Lipinski definition) is 3. The van der Waals surface area contributed by atoms with Crippen LogP contribution in [-0.2, 0) is 0 Å². The number of nitrogens with two attached hydrogens (primary N) is 1. The SMILES string of the molecule is CC(C)CCNC[C@@H](O)c1cc(Cl)c(N)c(Cl)c1. The van der Waals surface area contributed by atoms with Gasteiger partial charge in [-0.05, 0) is 36.6 Å². The first-order valence-corrected chi connectivity index (χ1v) is 6.80. The highest BCUT2D eigenvalue weighted by molar-refractivity contribution is 6.38. The minimum Gasteiger partial charge on any atom is -0.396 e. The van der Waals surface area contributed by atoms with E-state index in [4.69, 9.17) is 28.9 Å². The normalized spacial score (nSPS) is 13.0. The number of rotatable bonds is 6. The Kier molecular flexibility index (Phi) is 6.22. The van der Waals surface area contributed by atoms with Gasteiger partial charge in [0.05, 0.1) is 21.8 Å². The predicted molar refractivity (Wildman–Crippen MR) is 78.2 cm³/mol. The number of benzene rings is 1. The van der Waals surface area contributed by atoms with E-state index in [2.05, 4.69) is 19.2 Å². The Labute approximate surface area is 118 Å². The number of aliphatic hydroxyl groups is 1. The highest BCUT2D eigenvalue weighted by Gasteiger charge is 2.11. The molecular weight excluding hydrogens is 271 g/mol. The Morgan fingerprint density at radius 2 is 1.83 bits per heavy atom. The number of nitrogens with one attached hydrogen (secondary N) is 1. The van der Waals surface area contributed by atoms with Crippen molar-refractivity contribution in [2.24, 2.45) is 5.92 Å². The van der Waals surface area contributed by atoms with Crippen LogP contribution in [0.15, 0.2) is 12.1 Å². The molecule has 0 bridgehead atoms. The smallest absolute Gasteiger partial charge is 0.0915 e. The molecule has 0 saturated carbocycles. The van der Waals surface area contributed by atoms with Gasteiger partial charge < -0.3 is 16.2 Å².